The van der Waals surface area contributed by atoms with Gasteiger partial charge in [-0.1, -0.05) is 49.4 Å². The van der Waals surface area contributed by atoms with Crippen molar-refractivity contribution in [3.63, 3.8) is 0 Å². The predicted molar refractivity (Wildman–Crippen MR) is 206 cm³/mol. The molecule has 0 aromatic heterocycles. The van der Waals surface area contributed by atoms with Crippen LogP contribution in [0.25, 0.3) is 0 Å². The van der Waals surface area contributed by atoms with Crippen molar-refractivity contribution in [1.82, 2.24) is 4.90 Å². The summed E-state index contributed by atoms with van der Waals surface area (Å²) in [5.41, 5.74) is 1.71. The number of rotatable bonds is 11. The Morgan fingerprint density at radius 3 is 2.11 bits per heavy atom. The Kier molecular flexibility index (Phi) is 10.7. The summed E-state index contributed by atoms with van der Waals surface area (Å²) in [7, 11) is 0. The van der Waals surface area contributed by atoms with E-state index in [4.69, 9.17) is 4.74 Å². The van der Waals surface area contributed by atoms with Gasteiger partial charge in [-0.3, -0.25) is 19.2 Å². The lowest BCUT2D eigenvalue weighted by Crippen LogP contribution is -2.46. The molecule has 4 atom stereocenters. The highest BCUT2D eigenvalue weighted by Gasteiger charge is 2.66. The molecule has 4 amide bonds. The fourth-order valence-corrected chi connectivity index (χ4v) is 9.23. The Labute approximate surface area is 317 Å². The van der Waals surface area contributed by atoms with Crippen LogP contribution in [0.5, 0.6) is 0 Å². The fraction of sp³-hybridized carbons (Fsp3) is 0.488. The fourth-order valence-electron chi connectivity index (χ4n) is 9.23. The Hall–Kier alpha value is -4.58. The maximum atomic E-state index is 15.1. The number of carbonyl (C=O) groups is 4. The molecule has 0 radical (unpaired) electrons. The van der Waals surface area contributed by atoms with Crippen LogP contribution in [-0.4, -0.2) is 76.7 Å². The van der Waals surface area contributed by atoms with Crippen LogP contribution in [0.2, 0.25) is 0 Å². The van der Waals surface area contributed by atoms with Crippen molar-refractivity contribution in [2.24, 2.45) is 11.8 Å². The van der Waals surface area contributed by atoms with Gasteiger partial charge in [0.15, 0.2) is 5.60 Å². The molecular formula is C43H52N4O7. The van der Waals surface area contributed by atoms with E-state index < -0.39 is 29.1 Å². The quantitative estimate of drug-likeness (QED) is 0.274. The first-order valence-corrected chi connectivity index (χ1v) is 19.4. The SMILES string of the molecule is C[C@H]1[C@H](C(C)(C)O)[C@@H](CC(=O)N(CCO)Cc2ccccc2)O[C@]12C(=O)N(Cc1ccc(N3CCCCC3=O)cc1)c1ccc(N3CCCCC3=O)cc12. The number of benzene rings is 3. The summed E-state index contributed by atoms with van der Waals surface area (Å²) in [5, 5.41) is 21.6. The minimum atomic E-state index is -1.54. The van der Waals surface area contributed by atoms with E-state index in [0.29, 0.717) is 49.4 Å². The number of carbonyl (C=O) groups excluding carboxylic acids is 4. The van der Waals surface area contributed by atoms with Crippen LogP contribution in [0.3, 0.4) is 0 Å². The lowest BCUT2D eigenvalue weighted by molar-refractivity contribution is -0.150. The summed E-state index contributed by atoms with van der Waals surface area (Å²) in [6.45, 7) is 7.01. The zero-order chi connectivity index (χ0) is 38.2. The second-order valence-electron chi connectivity index (χ2n) is 15.9. The molecule has 7 rings (SSSR count). The molecule has 4 aliphatic rings. The average Bonchev–Trinajstić information content (AvgIpc) is 3.58. The van der Waals surface area contributed by atoms with Gasteiger partial charge in [0, 0.05) is 67.8 Å². The smallest absolute Gasteiger partial charge is 0.264 e. The number of ether oxygens (including phenoxy) is 1. The van der Waals surface area contributed by atoms with Crippen molar-refractivity contribution in [3.05, 3.63) is 89.5 Å². The van der Waals surface area contributed by atoms with Gasteiger partial charge in [-0.2, -0.15) is 0 Å². The number of hydrogen-bond acceptors (Lipinski definition) is 7. The number of fused-ring (bicyclic) bond motifs is 2. The van der Waals surface area contributed by atoms with Crippen molar-refractivity contribution < 1.29 is 34.1 Å². The zero-order valence-corrected chi connectivity index (χ0v) is 31.6. The van der Waals surface area contributed by atoms with Gasteiger partial charge in [-0.25, -0.2) is 0 Å². The zero-order valence-electron chi connectivity index (χ0n) is 31.6. The van der Waals surface area contributed by atoms with Gasteiger partial charge in [-0.15, -0.1) is 0 Å². The number of piperidine rings is 2. The third-order valence-electron chi connectivity index (χ3n) is 11.8. The summed E-state index contributed by atoms with van der Waals surface area (Å²) in [4.78, 5) is 61.8. The van der Waals surface area contributed by atoms with E-state index in [0.717, 1.165) is 42.5 Å². The number of aliphatic hydroxyl groups excluding tert-OH is 1. The summed E-state index contributed by atoms with van der Waals surface area (Å²) in [6, 6.07) is 23.0. The van der Waals surface area contributed by atoms with Crippen LogP contribution >= 0.6 is 0 Å². The molecule has 0 aliphatic carbocycles. The van der Waals surface area contributed by atoms with E-state index in [-0.39, 0.29) is 49.7 Å². The monoisotopic (exact) mass is 736 g/mol. The maximum absolute atomic E-state index is 15.1. The van der Waals surface area contributed by atoms with Crippen LogP contribution in [-0.2, 0) is 42.6 Å². The average molecular weight is 737 g/mol. The van der Waals surface area contributed by atoms with E-state index in [2.05, 4.69) is 0 Å². The van der Waals surface area contributed by atoms with Gasteiger partial charge >= 0.3 is 0 Å². The topological polar surface area (TPSA) is 131 Å². The molecule has 54 heavy (non-hydrogen) atoms. The predicted octanol–water partition coefficient (Wildman–Crippen LogP) is 5.30. The Bertz CT molecular complexity index is 1880. The summed E-state index contributed by atoms with van der Waals surface area (Å²) >= 11 is 0. The Morgan fingerprint density at radius 1 is 0.870 bits per heavy atom. The number of hydrogen-bond donors (Lipinski definition) is 2. The molecule has 0 bridgehead atoms. The van der Waals surface area contributed by atoms with Crippen molar-refractivity contribution in [2.45, 2.75) is 96.1 Å². The second-order valence-corrected chi connectivity index (χ2v) is 15.9. The number of nitrogens with zero attached hydrogens (tertiary/aromatic N) is 4. The lowest BCUT2D eigenvalue weighted by Gasteiger charge is -2.34. The molecule has 3 fully saturated rings. The first-order chi connectivity index (χ1) is 25.9. The van der Waals surface area contributed by atoms with E-state index in [1.807, 2.05) is 84.6 Å². The van der Waals surface area contributed by atoms with Crippen LogP contribution in [0.1, 0.15) is 82.4 Å². The molecule has 3 saturated heterocycles. The molecule has 2 N–H and O–H groups in total. The molecule has 0 saturated carbocycles. The molecule has 286 valence electrons. The van der Waals surface area contributed by atoms with Gasteiger partial charge < -0.3 is 34.5 Å². The molecule has 4 heterocycles. The molecular weight excluding hydrogens is 684 g/mol. The highest BCUT2D eigenvalue weighted by atomic mass is 16.5. The normalized spacial score (nSPS) is 24.4. The minimum absolute atomic E-state index is 0.0318. The third kappa shape index (κ3) is 7.05. The largest absolute Gasteiger partial charge is 0.395 e. The molecule has 1 spiro atoms. The van der Waals surface area contributed by atoms with Crippen LogP contribution in [0, 0.1) is 11.8 Å². The van der Waals surface area contributed by atoms with Gasteiger partial charge in [0.2, 0.25) is 17.7 Å². The van der Waals surface area contributed by atoms with Crippen LogP contribution < -0.4 is 14.7 Å². The molecule has 11 nitrogen and oxygen atoms in total. The van der Waals surface area contributed by atoms with E-state index in [1.54, 1.807) is 28.5 Å². The minimum Gasteiger partial charge on any atom is -0.395 e. The van der Waals surface area contributed by atoms with Crippen molar-refractivity contribution in [1.29, 1.82) is 0 Å². The molecule has 0 unspecified atom stereocenters. The first-order valence-electron chi connectivity index (χ1n) is 19.4. The van der Waals surface area contributed by atoms with Crippen LogP contribution in [0.15, 0.2) is 72.8 Å². The van der Waals surface area contributed by atoms with Crippen LogP contribution in [0.4, 0.5) is 17.1 Å². The van der Waals surface area contributed by atoms with E-state index >= 15 is 4.79 Å². The van der Waals surface area contributed by atoms with Crippen molar-refractivity contribution in [3.8, 4) is 0 Å². The number of aliphatic hydroxyl groups is 2. The first kappa shape index (κ1) is 37.7. The van der Waals surface area contributed by atoms with Gasteiger partial charge in [0.1, 0.15) is 0 Å². The molecule has 11 heteroatoms. The van der Waals surface area contributed by atoms with Gasteiger partial charge in [0.25, 0.3) is 5.91 Å². The summed E-state index contributed by atoms with van der Waals surface area (Å²) < 4.78 is 6.99. The molecule has 4 aliphatic heterocycles. The second kappa shape index (κ2) is 15.3. The van der Waals surface area contributed by atoms with Gasteiger partial charge in [-0.05, 0) is 81.0 Å². The number of anilines is 3. The Morgan fingerprint density at radius 2 is 1.50 bits per heavy atom. The maximum Gasteiger partial charge on any atom is 0.264 e. The van der Waals surface area contributed by atoms with Crippen molar-refractivity contribution >= 4 is 40.7 Å². The summed E-state index contributed by atoms with van der Waals surface area (Å²) in [5.74, 6) is -1.57. The van der Waals surface area contributed by atoms with E-state index in [1.165, 1.54) is 0 Å². The molecule has 3 aromatic rings. The standard InChI is InChI=1S/C43H52N4O7/c1-29-40(42(2,3)53)36(26-39(51)44(23-24-48)27-30-11-5-4-6-12-30)54-43(29)34-25-33(46-22-10-8-14-38(46)50)19-20-35(34)47(41(43)52)28-31-15-17-32(18-16-31)45-21-9-7-13-37(45)49/h4-6,11-12,15-20,25,29,36,40,48,53H,7-10,13-14,21-24,26-28H2,1-3H3/t29-,36+,40-,43+/m0/s1. The molecule has 3 aromatic carbocycles. The highest BCUT2D eigenvalue weighted by Crippen LogP contribution is 2.58. The lowest BCUT2D eigenvalue weighted by atomic mass is 9.70. The summed E-state index contributed by atoms with van der Waals surface area (Å²) in [6.07, 6.45) is 3.64. The Balaban J connectivity index is 1.24. The third-order valence-corrected chi connectivity index (χ3v) is 11.8. The number of amides is 4. The van der Waals surface area contributed by atoms with Gasteiger partial charge in [0.05, 0.1) is 37.0 Å². The highest BCUT2D eigenvalue weighted by molar-refractivity contribution is 6.08. The van der Waals surface area contributed by atoms with Crippen molar-refractivity contribution in [2.75, 3.05) is 40.9 Å². The van der Waals surface area contributed by atoms with E-state index in [9.17, 15) is 24.6 Å².